The van der Waals surface area contributed by atoms with Gasteiger partial charge in [0, 0.05) is 0 Å². The summed E-state index contributed by atoms with van der Waals surface area (Å²) >= 11 is 2.61. The van der Waals surface area contributed by atoms with Crippen LogP contribution < -0.4 is 0 Å². The van der Waals surface area contributed by atoms with Gasteiger partial charge in [0.2, 0.25) is 0 Å². The average molecular weight is 210 g/mol. The number of aryl methyl sites for hydroxylation is 1. The van der Waals surface area contributed by atoms with Gasteiger partial charge in [-0.25, -0.2) is 0 Å². The molecule has 0 unspecified atom stereocenters. The Balaban J connectivity index is 2.73. The first kappa shape index (κ1) is 8.42. The molecule has 11 heavy (non-hydrogen) atoms. The molecule has 0 radical (unpaired) electrons. The first-order valence-corrected chi connectivity index (χ1v) is 4.28. The van der Waals surface area contributed by atoms with Gasteiger partial charge in [0.25, 0.3) is 0 Å². The maximum atomic E-state index is 3.97. The molecule has 0 atom stereocenters. The van der Waals surface area contributed by atoms with Gasteiger partial charge in [0.1, 0.15) is 0 Å². The molecule has 0 N–H and O–H groups in total. The standard InChI is InChI=1S/C9H9NSe/c1-8-2-4-9(5-3-8)6-10-7-11/h2-5H,6H2,1H3. The molecular formula is C9H9NSe. The third-order valence-electron chi connectivity index (χ3n) is 1.45. The Kier molecular flexibility index (Phi) is 3.25. The van der Waals surface area contributed by atoms with Gasteiger partial charge in [-0.3, -0.25) is 0 Å². The van der Waals surface area contributed by atoms with Gasteiger partial charge in [0.15, 0.2) is 0 Å². The van der Waals surface area contributed by atoms with Crippen molar-refractivity contribution in [2.75, 3.05) is 0 Å². The van der Waals surface area contributed by atoms with Crippen molar-refractivity contribution in [3.63, 3.8) is 0 Å². The fourth-order valence-corrected chi connectivity index (χ4v) is 0.952. The predicted octanol–water partition coefficient (Wildman–Crippen LogP) is 1.57. The zero-order valence-corrected chi connectivity index (χ0v) is 8.09. The van der Waals surface area contributed by atoms with E-state index in [0.29, 0.717) is 6.54 Å². The van der Waals surface area contributed by atoms with Crippen molar-refractivity contribution < 1.29 is 0 Å². The van der Waals surface area contributed by atoms with Crippen LogP contribution in [-0.2, 0) is 6.54 Å². The van der Waals surface area contributed by atoms with Crippen LogP contribution in [0.3, 0.4) is 0 Å². The second-order valence-electron chi connectivity index (χ2n) is 2.39. The maximum absolute atomic E-state index is 3.97. The molecule has 0 heterocycles. The summed E-state index contributed by atoms with van der Waals surface area (Å²) in [7, 11) is 0. The van der Waals surface area contributed by atoms with E-state index in [0.717, 1.165) is 0 Å². The summed E-state index contributed by atoms with van der Waals surface area (Å²) in [4.78, 5) is 3.97. The third-order valence-corrected chi connectivity index (χ3v) is 1.72. The van der Waals surface area contributed by atoms with E-state index in [-0.39, 0.29) is 0 Å². The van der Waals surface area contributed by atoms with Crippen molar-refractivity contribution in [3.8, 4) is 0 Å². The Morgan fingerprint density at radius 2 is 2.00 bits per heavy atom. The molecule has 0 aromatic heterocycles. The molecule has 0 spiro atoms. The van der Waals surface area contributed by atoms with Gasteiger partial charge in [-0.2, -0.15) is 0 Å². The molecule has 0 bridgehead atoms. The van der Waals surface area contributed by atoms with Crippen LogP contribution in [0.5, 0.6) is 0 Å². The number of aliphatic imine (C=N–C) groups is 1. The molecule has 0 amide bonds. The fourth-order valence-electron chi connectivity index (χ4n) is 0.817. The zero-order valence-electron chi connectivity index (χ0n) is 6.37. The second kappa shape index (κ2) is 4.25. The zero-order chi connectivity index (χ0) is 8.10. The molecule has 0 aliphatic heterocycles. The Bertz CT molecular complexity index is 270. The van der Waals surface area contributed by atoms with Crippen LogP contribution in [0, 0.1) is 6.92 Å². The van der Waals surface area contributed by atoms with Crippen LogP contribution in [0.1, 0.15) is 11.1 Å². The molecule has 0 aliphatic rings. The van der Waals surface area contributed by atoms with Crippen molar-refractivity contribution in [2.24, 2.45) is 4.99 Å². The van der Waals surface area contributed by atoms with E-state index in [1.54, 1.807) is 0 Å². The monoisotopic (exact) mass is 211 g/mol. The first-order chi connectivity index (χ1) is 5.33. The first-order valence-electron chi connectivity index (χ1n) is 3.42. The fraction of sp³-hybridized carbons (Fsp3) is 0.222. The number of nitrogens with zero attached hydrogens (tertiary/aromatic N) is 1. The molecule has 0 fully saturated rings. The van der Waals surface area contributed by atoms with Gasteiger partial charge >= 0.3 is 74.1 Å². The summed E-state index contributed by atoms with van der Waals surface area (Å²) in [5, 5.41) is 0. The van der Waals surface area contributed by atoms with Crippen molar-refractivity contribution in [1.29, 1.82) is 0 Å². The number of benzene rings is 1. The molecule has 0 saturated heterocycles. The van der Waals surface area contributed by atoms with Gasteiger partial charge in [0.05, 0.1) is 0 Å². The quantitative estimate of drug-likeness (QED) is 0.519. The van der Waals surface area contributed by atoms with Crippen LogP contribution in [0.25, 0.3) is 0 Å². The summed E-state index contributed by atoms with van der Waals surface area (Å²) in [6, 6.07) is 8.33. The van der Waals surface area contributed by atoms with Crippen molar-refractivity contribution >= 4 is 20.3 Å². The van der Waals surface area contributed by atoms with E-state index in [1.807, 2.05) is 0 Å². The number of hydrogen-bond acceptors (Lipinski definition) is 1. The average Bonchev–Trinajstić information content (AvgIpc) is 2.04. The molecule has 1 rings (SSSR count). The summed E-state index contributed by atoms with van der Waals surface area (Å²) < 4.78 is 2.63. The van der Waals surface area contributed by atoms with Crippen molar-refractivity contribution in [1.82, 2.24) is 0 Å². The van der Waals surface area contributed by atoms with E-state index in [4.69, 9.17) is 0 Å². The molecule has 56 valence electrons. The summed E-state index contributed by atoms with van der Waals surface area (Å²) in [6.07, 6.45) is 0. The second-order valence-corrected chi connectivity index (χ2v) is 2.78. The number of rotatable bonds is 2. The third kappa shape index (κ3) is 2.81. The van der Waals surface area contributed by atoms with Crippen LogP contribution in [0.4, 0.5) is 0 Å². The molecule has 0 aliphatic carbocycles. The van der Waals surface area contributed by atoms with Gasteiger partial charge in [-0.05, 0) is 0 Å². The van der Waals surface area contributed by atoms with Crippen LogP contribution in [-0.4, -0.2) is 20.3 Å². The van der Waals surface area contributed by atoms with Crippen LogP contribution in [0.2, 0.25) is 0 Å². The van der Waals surface area contributed by atoms with Gasteiger partial charge in [-0.1, -0.05) is 0 Å². The van der Waals surface area contributed by atoms with Gasteiger partial charge in [-0.15, -0.1) is 0 Å². The topological polar surface area (TPSA) is 12.4 Å². The number of hydrogen-bond donors (Lipinski definition) is 0. The van der Waals surface area contributed by atoms with E-state index >= 15 is 0 Å². The van der Waals surface area contributed by atoms with E-state index in [9.17, 15) is 0 Å². The minimum atomic E-state index is 0.716. The summed E-state index contributed by atoms with van der Waals surface area (Å²) in [5.74, 6) is 0. The Morgan fingerprint density at radius 1 is 1.36 bits per heavy atom. The van der Waals surface area contributed by atoms with Crippen molar-refractivity contribution in [2.45, 2.75) is 13.5 Å². The molecule has 1 aromatic rings. The Morgan fingerprint density at radius 3 is 2.55 bits per heavy atom. The molecule has 0 saturated carbocycles. The molecule has 1 aromatic carbocycles. The Hall–Kier alpha value is -0.681. The van der Waals surface area contributed by atoms with Gasteiger partial charge < -0.3 is 0 Å². The van der Waals surface area contributed by atoms with Crippen LogP contribution >= 0.6 is 0 Å². The van der Waals surface area contributed by atoms with E-state index in [2.05, 4.69) is 56.5 Å². The molecule has 2 heteroatoms. The minimum absolute atomic E-state index is 0.716. The summed E-state index contributed by atoms with van der Waals surface area (Å²) in [5.41, 5.74) is 2.50. The van der Waals surface area contributed by atoms with E-state index < -0.39 is 0 Å². The molecular weight excluding hydrogens is 201 g/mol. The summed E-state index contributed by atoms with van der Waals surface area (Å²) in [6.45, 7) is 2.79. The normalized spacial score (nSPS) is 8.82. The van der Waals surface area contributed by atoms with Crippen LogP contribution in [0.15, 0.2) is 29.3 Å². The Labute approximate surface area is 74.5 Å². The van der Waals surface area contributed by atoms with E-state index in [1.165, 1.54) is 11.1 Å². The van der Waals surface area contributed by atoms with Crippen molar-refractivity contribution in [3.05, 3.63) is 35.4 Å². The SMILES string of the molecule is Cc1ccc(CN=C=[Se])cc1. The predicted molar refractivity (Wildman–Crippen MR) is 48.1 cm³/mol. The molecule has 1 nitrogen and oxygen atoms in total.